The fourth-order valence-corrected chi connectivity index (χ4v) is 4.36. The Balaban J connectivity index is 1.63. The molecule has 0 saturated carbocycles. The minimum Gasteiger partial charge on any atom is -0.497 e. The summed E-state index contributed by atoms with van der Waals surface area (Å²) in [5, 5.41) is 3.88. The fraction of sp³-hybridized carbons (Fsp3) is 0.350. The highest BCUT2D eigenvalue weighted by molar-refractivity contribution is 7.92. The molecule has 0 atom stereocenters. The summed E-state index contributed by atoms with van der Waals surface area (Å²) in [7, 11) is -2.10. The first-order valence-corrected chi connectivity index (χ1v) is 11.1. The second-order valence-corrected chi connectivity index (χ2v) is 9.03. The van der Waals surface area contributed by atoms with Gasteiger partial charge in [-0.1, -0.05) is 6.92 Å². The van der Waals surface area contributed by atoms with Gasteiger partial charge in [-0.25, -0.2) is 8.42 Å². The number of anilines is 2. The van der Waals surface area contributed by atoms with E-state index in [2.05, 4.69) is 21.9 Å². The van der Waals surface area contributed by atoms with Gasteiger partial charge in [0, 0.05) is 24.5 Å². The van der Waals surface area contributed by atoms with E-state index in [1.165, 1.54) is 0 Å². The molecule has 1 aliphatic heterocycles. The molecular weight excluding hydrogens is 394 g/mol. The average Bonchev–Trinajstić information content (AvgIpc) is 2.69. The summed E-state index contributed by atoms with van der Waals surface area (Å²) in [5.74, 6) is 1.40. The number of thiocarbonyl (C=S) groups is 1. The molecule has 0 radical (unpaired) electrons. The van der Waals surface area contributed by atoms with Gasteiger partial charge in [-0.2, -0.15) is 0 Å². The monoisotopic (exact) mass is 419 g/mol. The molecule has 1 aliphatic rings. The standard InChI is InChI=1S/C20H25N3O3S2/c1-15-11-13-23(14-12-15)20(27)21-16-5-9-19(10-6-16)28(24,25)22-17-3-7-18(26-2)8-4-17/h3-10,15,22H,11-14H2,1-2H3,(H,21,27). The van der Waals surface area contributed by atoms with E-state index < -0.39 is 10.0 Å². The van der Waals surface area contributed by atoms with E-state index in [9.17, 15) is 8.42 Å². The van der Waals surface area contributed by atoms with Crippen molar-refractivity contribution in [2.75, 3.05) is 30.2 Å². The van der Waals surface area contributed by atoms with E-state index in [0.29, 0.717) is 16.5 Å². The predicted molar refractivity (Wildman–Crippen MR) is 116 cm³/mol. The number of piperidine rings is 1. The number of rotatable bonds is 5. The maximum atomic E-state index is 12.6. The van der Waals surface area contributed by atoms with Gasteiger partial charge in [0.15, 0.2) is 5.11 Å². The smallest absolute Gasteiger partial charge is 0.261 e. The number of sulfonamides is 1. The summed E-state index contributed by atoms with van der Waals surface area (Å²) in [5.41, 5.74) is 1.25. The Bertz CT molecular complexity index is 905. The van der Waals surface area contributed by atoms with E-state index in [0.717, 1.165) is 37.5 Å². The van der Waals surface area contributed by atoms with Crippen LogP contribution in [-0.2, 0) is 10.0 Å². The lowest BCUT2D eigenvalue weighted by Crippen LogP contribution is -2.40. The van der Waals surface area contributed by atoms with Crippen molar-refractivity contribution in [3.63, 3.8) is 0 Å². The molecule has 1 saturated heterocycles. The number of hydrogen-bond acceptors (Lipinski definition) is 4. The van der Waals surface area contributed by atoms with Crippen LogP contribution < -0.4 is 14.8 Å². The highest BCUT2D eigenvalue weighted by Gasteiger charge is 2.18. The fourth-order valence-electron chi connectivity index (χ4n) is 3.00. The van der Waals surface area contributed by atoms with Crippen LogP contribution in [0.15, 0.2) is 53.4 Å². The van der Waals surface area contributed by atoms with Crippen molar-refractivity contribution >= 4 is 38.7 Å². The van der Waals surface area contributed by atoms with Crippen molar-refractivity contribution in [1.29, 1.82) is 0 Å². The SMILES string of the molecule is COc1ccc(NS(=O)(=O)c2ccc(NC(=S)N3CCC(C)CC3)cc2)cc1. The Labute approximate surface area is 171 Å². The van der Waals surface area contributed by atoms with Gasteiger partial charge >= 0.3 is 0 Å². The zero-order valence-corrected chi connectivity index (χ0v) is 17.6. The quantitative estimate of drug-likeness (QED) is 0.716. The van der Waals surface area contributed by atoms with Crippen LogP contribution in [0, 0.1) is 5.92 Å². The predicted octanol–water partition coefficient (Wildman–Crippen LogP) is 3.92. The first-order valence-electron chi connectivity index (χ1n) is 9.20. The third-order valence-electron chi connectivity index (χ3n) is 4.83. The highest BCUT2D eigenvalue weighted by Crippen LogP contribution is 2.21. The van der Waals surface area contributed by atoms with Gasteiger partial charge in [-0.15, -0.1) is 0 Å². The molecule has 150 valence electrons. The normalized spacial score (nSPS) is 15.1. The zero-order valence-electron chi connectivity index (χ0n) is 16.0. The number of hydrogen-bond donors (Lipinski definition) is 2. The van der Waals surface area contributed by atoms with Crippen LogP contribution in [0.5, 0.6) is 5.75 Å². The van der Waals surface area contributed by atoms with E-state index >= 15 is 0 Å². The number of ether oxygens (including phenoxy) is 1. The third kappa shape index (κ3) is 5.14. The molecule has 1 heterocycles. The Hall–Kier alpha value is -2.32. The lowest BCUT2D eigenvalue weighted by molar-refractivity contribution is 0.283. The van der Waals surface area contributed by atoms with Crippen LogP contribution in [0.25, 0.3) is 0 Å². The molecule has 6 nitrogen and oxygen atoms in total. The Kier molecular flexibility index (Phi) is 6.41. The maximum Gasteiger partial charge on any atom is 0.261 e. The number of nitrogens with zero attached hydrogens (tertiary/aromatic N) is 1. The van der Waals surface area contributed by atoms with Gasteiger partial charge in [-0.3, -0.25) is 4.72 Å². The van der Waals surface area contributed by atoms with Gasteiger partial charge in [0.1, 0.15) is 5.75 Å². The van der Waals surface area contributed by atoms with Crippen molar-refractivity contribution in [2.24, 2.45) is 5.92 Å². The molecule has 2 aromatic carbocycles. The van der Waals surface area contributed by atoms with Crippen LogP contribution >= 0.6 is 12.2 Å². The summed E-state index contributed by atoms with van der Waals surface area (Å²) >= 11 is 5.48. The zero-order chi connectivity index (χ0) is 20.1. The first kappa shape index (κ1) is 20.4. The molecule has 0 unspecified atom stereocenters. The molecule has 8 heteroatoms. The lowest BCUT2D eigenvalue weighted by atomic mass is 10.00. The van der Waals surface area contributed by atoms with E-state index in [4.69, 9.17) is 17.0 Å². The van der Waals surface area contributed by atoms with Gasteiger partial charge in [0.2, 0.25) is 0 Å². The molecule has 2 aromatic rings. The van der Waals surface area contributed by atoms with Crippen molar-refractivity contribution in [3.8, 4) is 5.75 Å². The number of nitrogens with one attached hydrogen (secondary N) is 2. The van der Waals surface area contributed by atoms with Crippen LogP contribution in [0.4, 0.5) is 11.4 Å². The summed E-state index contributed by atoms with van der Waals surface area (Å²) in [6, 6.07) is 13.3. The molecule has 3 rings (SSSR count). The third-order valence-corrected chi connectivity index (χ3v) is 6.59. The molecule has 1 fully saturated rings. The minimum absolute atomic E-state index is 0.187. The number of likely N-dealkylation sites (tertiary alicyclic amines) is 1. The van der Waals surface area contributed by atoms with Crippen molar-refractivity contribution < 1.29 is 13.2 Å². The van der Waals surface area contributed by atoms with Gasteiger partial charge in [0.05, 0.1) is 12.0 Å². The van der Waals surface area contributed by atoms with Crippen molar-refractivity contribution in [1.82, 2.24) is 4.90 Å². The second kappa shape index (κ2) is 8.79. The van der Waals surface area contributed by atoms with Gasteiger partial charge in [-0.05, 0) is 79.5 Å². The summed E-state index contributed by atoms with van der Waals surface area (Å²) in [6.07, 6.45) is 2.27. The summed E-state index contributed by atoms with van der Waals surface area (Å²) in [4.78, 5) is 2.34. The van der Waals surface area contributed by atoms with E-state index in [1.807, 2.05) is 0 Å². The molecule has 0 aliphatic carbocycles. The lowest BCUT2D eigenvalue weighted by Gasteiger charge is -2.32. The van der Waals surface area contributed by atoms with Crippen LogP contribution in [0.1, 0.15) is 19.8 Å². The van der Waals surface area contributed by atoms with E-state index in [1.54, 1.807) is 55.6 Å². The molecule has 2 N–H and O–H groups in total. The molecule has 0 amide bonds. The van der Waals surface area contributed by atoms with Crippen molar-refractivity contribution in [2.45, 2.75) is 24.7 Å². The van der Waals surface area contributed by atoms with E-state index in [-0.39, 0.29) is 4.90 Å². The molecule has 0 aromatic heterocycles. The van der Waals surface area contributed by atoms with Crippen LogP contribution in [-0.4, -0.2) is 38.6 Å². The number of benzene rings is 2. The molecule has 0 spiro atoms. The Morgan fingerprint density at radius 2 is 1.61 bits per heavy atom. The first-order chi connectivity index (χ1) is 13.4. The minimum atomic E-state index is -3.67. The topological polar surface area (TPSA) is 70.7 Å². The van der Waals surface area contributed by atoms with Crippen molar-refractivity contribution in [3.05, 3.63) is 48.5 Å². The molecular formula is C20H25N3O3S2. The average molecular weight is 420 g/mol. The largest absolute Gasteiger partial charge is 0.497 e. The number of methoxy groups -OCH3 is 1. The molecule has 0 bridgehead atoms. The van der Waals surface area contributed by atoms with Crippen LogP contribution in [0.3, 0.4) is 0 Å². The highest BCUT2D eigenvalue weighted by atomic mass is 32.2. The van der Waals surface area contributed by atoms with Gasteiger partial charge in [0.25, 0.3) is 10.0 Å². The Morgan fingerprint density at radius 1 is 1.04 bits per heavy atom. The maximum absolute atomic E-state index is 12.6. The summed E-state index contributed by atoms with van der Waals surface area (Å²) < 4.78 is 32.8. The van der Waals surface area contributed by atoms with Crippen LogP contribution in [0.2, 0.25) is 0 Å². The summed E-state index contributed by atoms with van der Waals surface area (Å²) in [6.45, 7) is 4.16. The Morgan fingerprint density at radius 3 is 2.18 bits per heavy atom. The second-order valence-electron chi connectivity index (χ2n) is 6.96. The van der Waals surface area contributed by atoms with Gasteiger partial charge < -0.3 is 15.0 Å². The molecule has 28 heavy (non-hydrogen) atoms.